The smallest absolute Gasteiger partial charge is 0.333 e. The van der Waals surface area contributed by atoms with E-state index in [-0.39, 0.29) is 11.1 Å². The molecule has 5 nitrogen and oxygen atoms in total. The second-order valence-corrected chi connectivity index (χ2v) is 7.26. The summed E-state index contributed by atoms with van der Waals surface area (Å²) in [6, 6.07) is 12.7. The molecule has 0 radical (unpaired) electrons. The van der Waals surface area contributed by atoms with Crippen LogP contribution in [0.2, 0.25) is 10.0 Å². The van der Waals surface area contributed by atoms with E-state index in [9.17, 15) is 23.5 Å². The van der Waals surface area contributed by atoms with Crippen molar-refractivity contribution in [3.05, 3.63) is 96.6 Å². The fourth-order valence-electron chi connectivity index (χ4n) is 2.88. The summed E-state index contributed by atoms with van der Waals surface area (Å²) in [5, 5.41) is 10.6. The first kappa shape index (κ1) is 21.1. The summed E-state index contributed by atoms with van der Waals surface area (Å²) in [6.45, 7) is -1.17. The minimum atomic E-state index is -1.70. The number of alkyl halides is 2. The molecule has 3 aromatic rings. The molecule has 3 rings (SSSR count). The van der Waals surface area contributed by atoms with Gasteiger partial charge in [0.15, 0.2) is 0 Å². The Hall–Kier alpha value is -2.64. The van der Waals surface area contributed by atoms with Crippen LogP contribution in [-0.2, 0) is 13.1 Å². The second kappa shape index (κ2) is 8.80. The maximum Gasteiger partial charge on any atom is 0.333 e. The van der Waals surface area contributed by atoms with Crippen LogP contribution in [0.3, 0.4) is 0 Å². The normalized spacial score (nSPS) is 13.2. The largest absolute Gasteiger partial charge is 0.494 e. The Morgan fingerprint density at radius 2 is 1.31 bits per heavy atom. The summed E-state index contributed by atoms with van der Waals surface area (Å²) in [7, 11) is 0. The molecule has 1 aromatic heterocycles. The predicted octanol–water partition coefficient (Wildman–Crippen LogP) is 4.44. The molecular formula is C20H16Cl2F2N2O3. The fraction of sp³-hybridized carbons (Fsp3) is 0.200. The number of halogens is 4. The molecule has 9 heteroatoms. The van der Waals surface area contributed by atoms with Crippen LogP contribution in [0.25, 0.3) is 0 Å². The Bertz CT molecular complexity index is 1150. The number of aromatic nitrogens is 2. The van der Waals surface area contributed by atoms with E-state index in [2.05, 4.69) is 0 Å². The van der Waals surface area contributed by atoms with Crippen molar-refractivity contribution in [1.29, 1.82) is 0 Å². The number of benzene rings is 2. The SMILES string of the molecule is O=c1cc(O)n(C[C@@H](F)c2cccc(Cl)c2)c(=O)n1C[C@@H](F)c1cccc(Cl)c1. The van der Waals surface area contributed by atoms with Crippen LogP contribution in [0.4, 0.5) is 8.78 Å². The summed E-state index contributed by atoms with van der Waals surface area (Å²) >= 11 is 11.7. The van der Waals surface area contributed by atoms with Crippen LogP contribution in [0.5, 0.6) is 5.88 Å². The monoisotopic (exact) mass is 440 g/mol. The molecule has 0 aliphatic heterocycles. The topological polar surface area (TPSA) is 64.2 Å². The Kier molecular flexibility index (Phi) is 6.39. The van der Waals surface area contributed by atoms with Crippen molar-refractivity contribution in [2.45, 2.75) is 25.4 Å². The van der Waals surface area contributed by atoms with Gasteiger partial charge in [-0.25, -0.2) is 13.6 Å². The van der Waals surface area contributed by atoms with E-state index in [4.69, 9.17) is 23.2 Å². The number of rotatable bonds is 6. The number of nitrogens with zero attached hydrogens (tertiary/aromatic N) is 2. The quantitative estimate of drug-likeness (QED) is 0.615. The van der Waals surface area contributed by atoms with Crippen molar-refractivity contribution in [3.63, 3.8) is 0 Å². The minimum absolute atomic E-state index is 0.186. The predicted molar refractivity (Wildman–Crippen MR) is 107 cm³/mol. The van der Waals surface area contributed by atoms with E-state index in [1.54, 1.807) is 24.3 Å². The lowest BCUT2D eigenvalue weighted by Gasteiger charge is -2.16. The highest BCUT2D eigenvalue weighted by molar-refractivity contribution is 6.30. The summed E-state index contributed by atoms with van der Waals surface area (Å²) in [5.74, 6) is -0.709. The van der Waals surface area contributed by atoms with Crippen molar-refractivity contribution < 1.29 is 13.9 Å². The molecule has 0 amide bonds. The number of hydrogen-bond donors (Lipinski definition) is 1. The molecule has 0 bridgehead atoms. The van der Waals surface area contributed by atoms with Gasteiger partial charge in [0.2, 0.25) is 5.88 Å². The molecule has 2 atom stereocenters. The van der Waals surface area contributed by atoms with Crippen LogP contribution in [-0.4, -0.2) is 14.2 Å². The van der Waals surface area contributed by atoms with Gasteiger partial charge in [-0.1, -0.05) is 47.5 Å². The number of hydrogen-bond acceptors (Lipinski definition) is 3. The molecule has 0 spiro atoms. The molecule has 2 aromatic carbocycles. The van der Waals surface area contributed by atoms with Crippen molar-refractivity contribution in [2.24, 2.45) is 0 Å². The van der Waals surface area contributed by atoms with Gasteiger partial charge in [0.1, 0.15) is 12.3 Å². The summed E-state index contributed by atoms with van der Waals surface area (Å²) in [6.07, 6.45) is -3.39. The van der Waals surface area contributed by atoms with E-state index in [1.807, 2.05) is 0 Å². The molecule has 0 saturated heterocycles. The van der Waals surface area contributed by atoms with E-state index < -0.39 is 42.6 Å². The molecule has 0 aliphatic carbocycles. The lowest BCUT2D eigenvalue weighted by atomic mass is 10.1. The van der Waals surface area contributed by atoms with Crippen molar-refractivity contribution >= 4 is 23.2 Å². The van der Waals surface area contributed by atoms with Gasteiger partial charge in [-0.15, -0.1) is 0 Å². The van der Waals surface area contributed by atoms with Crippen LogP contribution >= 0.6 is 23.2 Å². The minimum Gasteiger partial charge on any atom is -0.494 e. The molecule has 0 saturated carbocycles. The molecule has 0 aliphatic rings. The van der Waals surface area contributed by atoms with Crippen molar-refractivity contribution in [3.8, 4) is 5.88 Å². The average Bonchev–Trinajstić information content (AvgIpc) is 2.68. The van der Waals surface area contributed by atoms with Gasteiger partial charge >= 0.3 is 5.69 Å². The second-order valence-electron chi connectivity index (χ2n) is 6.39. The zero-order valence-electron chi connectivity index (χ0n) is 14.9. The van der Waals surface area contributed by atoms with Crippen LogP contribution in [0.1, 0.15) is 23.5 Å². The Balaban J connectivity index is 1.92. The van der Waals surface area contributed by atoms with Gasteiger partial charge in [0.05, 0.1) is 19.2 Å². The van der Waals surface area contributed by atoms with Gasteiger partial charge in [0, 0.05) is 10.0 Å². The average molecular weight is 441 g/mol. The molecule has 29 heavy (non-hydrogen) atoms. The molecular weight excluding hydrogens is 425 g/mol. The van der Waals surface area contributed by atoms with Gasteiger partial charge in [0.25, 0.3) is 5.56 Å². The Morgan fingerprint density at radius 1 is 0.828 bits per heavy atom. The zero-order valence-corrected chi connectivity index (χ0v) is 16.4. The fourth-order valence-corrected chi connectivity index (χ4v) is 3.28. The molecule has 0 fully saturated rings. The van der Waals surface area contributed by atoms with Crippen LogP contribution in [0, 0.1) is 0 Å². The maximum absolute atomic E-state index is 14.7. The number of aromatic hydroxyl groups is 1. The first-order valence-corrected chi connectivity index (χ1v) is 9.34. The lowest BCUT2D eigenvalue weighted by molar-refractivity contribution is 0.261. The van der Waals surface area contributed by atoms with E-state index in [0.29, 0.717) is 19.2 Å². The van der Waals surface area contributed by atoms with E-state index in [1.165, 1.54) is 24.3 Å². The van der Waals surface area contributed by atoms with Gasteiger partial charge < -0.3 is 5.11 Å². The molecule has 0 unspecified atom stereocenters. The third-order valence-electron chi connectivity index (χ3n) is 4.36. The lowest BCUT2D eigenvalue weighted by Crippen LogP contribution is -2.40. The molecule has 1 heterocycles. The van der Waals surface area contributed by atoms with E-state index in [0.717, 1.165) is 6.07 Å². The van der Waals surface area contributed by atoms with Gasteiger partial charge in [-0.05, 0) is 35.4 Å². The van der Waals surface area contributed by atoms with E-state index >= 15 is 0 Å². The highest BCUT2D eigenvalue weighted by Crippen LogP contribution is 2.24. The van der Waals surface area contributed by atoms with Gasteiger partial charge in [-0.3, -0.25) is 13.9 Å². The maximum atomic E-state index is 14.7. The van der Waals surface area contributed by atoms with Crippen molar-refractivity contribution in [2.75, 3.05) is 0 Å². The summed E-state index contributed by atoms with van der Waals surface area (Å²) < 4.78 is 30.6. The van der Waals surface area contributed by atoms with Crippen LogP contribution < -0.4 is 11.2 Å². The first-order chi connectivity index (χ1) is 13.8. The molecule has 152 valence electrons. The van der Waals surface area contributed by atoms with Crippen LogP contribution in [0.15, 0.2) is 64.2 Å². The zero-order chi connectivity index (χ0) is 21.1. The molecule has 1 N–H and O–H groups in total. The summed E-state index contributed by atoms with van der Waals surface area (Å²) in [4.78, 5) is 24.8. The highest BCUT2D eigenvalue weighted by Gasteiger charge is 2.20. The standard InChI is InChI=1S/C20H16Cl2F2N2O3/c21-14-5-1-3-12(7-14)16(23)10-25-18(27)9-19(28)26(20(25)29)11-17(24)13-4-2-6-15(22)8-13/h1-9,16-17,27H,10-11H2/t16-,17-/m1/s1. The first-order valence-electron chi connectivity index (χ1n) is 8.59. The van der Waals surface area contributed by atoms with Gasteiger partial charge in [-0.2, -0.15) is 0 Å². The highest BCUT2D eigenvalue weighted by atomic mass is 35.5. The van der Waals surface area contributed by atoms with Crippen molar-refractivity contribution in [1.82, 2.24) is 9.13 Å². The Labute approximate surface area is 174 Å². The third kappa shape index (κ3) is 4.86. The third-order valence-corrected chi connectivity index (χ3v) is 4.83. The summed E-state index contributed by atoms with van der Waals surface area (Å²) in [5.41, 5.74) is -1.54. The Morgan fingerprint density at radius 3 is 1.79 bits per heavy atom.